The number of nitrogens with one attached hydrogen (secondary N) is 1. The lowest BCUT2D eigenvalue weighted by atomic mass is 9.87. The molecule has 1 N–H and O–H groups in total. The van der Waals surface area contributed by atoms with Crippen molar-refractivity contribution in [3.63, 3.8) is 0 Å². The fourth-order valence-electron chi connectivity index (χ4n) is 2.20. The molecule has 2 rings (SSSR count). The zero-order valence-corrected chi connectivity index (χ0v) is 9.93. The summed E-state index contributed by atoms with van der Waals surface area (Å²) >= 11 is 6.11. The highest BCUT2D eigenvalue weighted by Crippen LogP contribution is 2.28. The van der Waals surface area contributed by atoms with Gasteiger partial charge in [-0.1, -0.05) is 30.7 Å². The standard InChI is InChI=1S/C13H18ClN/c1-10-6-8-11(9-7-10)15-13-5-3-2-4-12(13)14/h2-5,10-11,15H,6-9H2,1H3. The summed E-state index contributed by atoms with van der Waals surface area (Å²) in [7, 11) is 0. The molecule has 0 aliphatic heterocycles. The second kappa shape index (κ2) is 4.89. The van der Waals surface area contributed by atoms with Gasteiger partial charge in [0.05, 0.1) is 10.7 Å². The Bertz CT molecular complexity index is 316. The molecule has 0 radical (unpaired) electrons. The summed E-state index contributed by atoms with van der Waals surface area (Å²) in [5.74, 6) is 0.897. The van der Waals surface area contributed by atoms with E-state index in [4.69, 9.17) is 11.6 Å². The average Bonchev–Trinajstić information content (AvgIpc) is 2.25. The minimum atomic E-state index is 0.612. The molecule has 0 spiro atoms. The quantitative estimate of drug-likeness (QED) is 0.787. The lowest BCUT2D eigenvalue weighted by molar-refractivity contribution is 0.361. The highest BCUT2D eigenvalue weighted by Gasteiger charge is 2.18. The third-order valence-corrected chi connectivity index (χ3v) is 3.58. The van der Waals surface area contributed by atoms with E-state index in [0.29, 0.717) is 6.04 Å². The molecule has 1 aliphatic rings. The summed E-state index contributed by atoms with van der Waals surface area (Å²) in [4.78, 5) is 0. The van der Waals surface area contributed by atoms with E-state index in [1.807, 2.05) is 18.2 Å². The van der Waals surface area contributed by atoms with Crippen LogP contribution in [0, 0.1) is 5.92 Å². The first kappa shape index (κ1) is 10.8. The summed E-state index contributed by atoms with van der Waals surface area (Å²) in [6.07, 6.45) is 5.21. The Hall–Kier alpha value is -0.690. The molecule has 0 atom stereocenters. The summed E-state index contributed by atoms with van der Waals surface area (Å²) in [6.45, 7) is 2.34. The molecule has 1 saturated carbocycles. The van der Waals surface area contributed by atoms with E-state index in [1.54, 1.807) is 0 Å². The van der Waals surface area contributed by atoms with Crippen molar-refractivity contribution in [1.29, 1.82) is 0 Å². The highest BCUT2D eigenvalue weighted by atomic mass is 35.5. The number of anilines is 1. The van der Waals surface area contributed by atoms with E-state index in [-0.39, 0.29) is 0 Å². The Kier molecular flexibility index (Phi) is 3.53. The van der Waals surface area contributed by atoms with Gasteiger partial charge in [-0.05, 0) is 43.7 Å². The molecule has 0 amide bonds. The van der Waals surface area contributed by atoms with Crippen LogP contribution in [0.5, 0.6) is 0 Å². The maximum absolute atomic E-state index is 6.11. The van der Waals surface area contributed by atoms with Gasteiger partial charge in [-0.15, -0.1) is 0 Å². The van der Waals surface area contributed by atoms with Crippen molar-refractivity contribution < 1.29 is 0 Å². The molecule has 1 aromatic carbocycles. The van der Waals surface area contributed by atoms with E-state index in [9.17, 15) is 0 Å². The van der Waals surface area contributed by atoms with Crippen LogP contribution >= 0.6 is 11.6 Å². The minimum absolute atomic E-state index is 0.612. The minimum Gasteiger partial charge on any atom is -0.381 e. The normalized spacial score (nSPS) is 26.3. The maximum atomic E-state index is 6.11. The second-order valence-electron chi connectivity index (χ2n) is 4.58. The van der Waals surface area contributed by atoms with Gasteiger partial charge in [-0.2, -0.15) is 0 Å². The van der Waals surface area contributed by atoms with Gasteiger partial charge in [-0.25, -0.2) is 0 Å². The van der Waals surface area contributed by atoms with Gasteiger partial charge >= 0.3 is 0 Å². The zero-order valence-electron chi connectivity index (χ0n) is 9.17. The van der Waals surface area contributed by atoms with E-state index in [1.165, 1.54) is 25.7 Å². The van der Waals surface area contributed by atoms with Gasteiger partial charge in [0.15, 0.2) is 0 Å². The fourth-order valence-corrected chi connectivity index (χ4v) is 2.39. The SMILES string of the molecule is CC1CCC(Nc2ccccc2Cl)CC1. The molecule has 1 nitrogen and oxygen atoms in total. The lowest BCUT2D eigenvalue weighted by Gasteiger charge is -2.28. The Balaban J connectivity index is 1.95. The summed E-state index contributed by atoms with van der Waals surface area (Å²) in [6, 6.07) is 8.60. The van der Waals surface area contributed by atoms with Crippen LogP contribution in [-0.2, 0) is 0 Å². The van der Waals surface area contributed by atoms with Crippen molar-refractivity contribution in [2.24, 2.45) is 5.92 Å². The zero-order chi connectivity index (χ0) is 10.7. The molecule has 1 fully saturated rings. The Morgan fingerprint density at radius 1 is 1.13 bits per heavy atom. The number of hydrogen-bond acceptors (Lipinski definition) is 1. The van der Waals surface area contributed by atoms with Crippen molar-refractivity contribution >= 4 is 17.3 Å². The summed E-state index contributed by atoms with van der Waals surface area (Å²) in [5, 5.41) is 4.37. The van der Waals surface area contributed by atoms with Crippen LogP contribution in [-0.4, -0.2) is 6.04 Å². The van der Waals surface area contributed by atoms with Gasteiger partial charge in [-0.3, -0.25) is 0 Å². The number of halogens is 1. The van der Waals surface area contributed by atoms with Crippen LogP contribution in [0.15, 0.2) is 24.3 Å². The number of hydrogen-bond donors (Lipinski definition) is 1. The molecule has 2 heteroatoms. The number of para-hydroxylation sites is 1. The van der Waals surface area contributed by atoms with Crippen molar-refractivity contribution in [3.8, 4) is 0 Å². The molecular weight excluding hydrogens is 206 g/mol. The third kappa shape index (κ3) is 2.88. The predicted molar refractivity (Wildman–Crippen MR) is 66.5 cm³/mol. The summed E-state index contributed by atoms with van der Waals surface area (Å²) in [5.41, 5.74) is 1.08. The van der Waals surface area contributed by atoms with E-state index in [0.717, 1.165) is 16.6 Å². The monoisotopic (exact) mass is 223 g/mol. The average molecular weight is 224 g/mol. The van der Waals surface area contributed by atoms with Gasteiger partial charge in [0.1, 0.15) is 0 Å². The van der Waals surface area contributed by atoms with Crippen molar-refractivity contribution in [3.05, 3.63) is 29.3 Å². The van der Waals surface area contributed by atoms with Crippen molar-refractivity contribution in [2.45, 2.75) is 38.6 Å². The van der Waals surface area contributed by atoms with Gasteiger partial charge in [0, 0.05) is 6.04 Å². The van der Waals surface area contributed by atoms with Crippen LogP contribution in [0.1, 0.15) is 32.6 Å². The van der Waals surface area contributed by atoms with Gasteiger partial charge in [0.2, 0.25) is 0 Å². The largest absolute Gasteiger partial charge is 0.381 e. The third-order valence-electron chi connectivity index (χ3n) is 3.25. The van der Waals surface area contributed by atoms with Crippen molar-refractivity contribution in [2.75, 3.05) is 5.32 Å². The smallest absolute Gasteiger partial charge is 0.0637 e. The molecule has 0 bridgehead atoms. The van der Waals surface area contributed by atoms with Crippen LogP contribution < -0.4 is 5.32 Å². The van der Waals surface area contributed by atoms with Crippen LogP contribution in [0.2, 0.25) is 5.02 Å². The van der Waals surface area contributed by atoms with Gasteiger partial charge in [0.25, 0.3) is 0 Å². The Morgan fingerprint density at radius 3 is 2.47 bits per heavy atom. The Labute approximate surface area is 96.8 Å². The topological polar surface area (TPSA) is 12.0 Å². The van der Waals surface area contributed by atoms with E-state index >= 15 is 0 Å². The molecule has 0 aromatic heterocycles. The first-order chi connectivity index (χ1) is 7.25. The summed E-state index contributed by atoms with van der Waals surface area (Å²) < 4.78 is 0. The van der Waals surface area contributed by atoms with E-state index in [2.05, 4.69) is 18.3 Å². The first-order valence-electron chi connectivity index (χ1n) is 5.77. The number of benzene rings is 1. The van der Waals surface area contributed by atoms with Crippen molar-refractivity contribution in [1.82, 2.24) is 0 Å². The van der Waals surface area contributed by atoms with Crippen LogP contribution in [0.25, 0.3) is 0 Å². The molecule has 1 aliphatic carbocycles. The molecule has 15 heavy (non-hydrogen) atoms. The predicted octanol–water partition coefficient (Wildman–Crippen LogP) is 4.33. The molecule has 0 unspecified atom stereocenters. The second-order valence-corrected chi connectivity index (χ2v) is 4.99. The lowest BCUT2D eigenvalue weighted by Crippen LogP contribution is -2.25. The molecule has 0 saturated heterocycles. The number of rotatable bonds is 2. The molecule has 0 heterocycles. The fraction of sp³-hybridized carbons (Fsp3) is 0.538. The Morgan fingerprint density at radius 2 is 1.80 bits per heavy atom. The first-order valence-corrected chi connectivity index (χ1v) is 6.14. The van der Waals surface area contributed by atoms with Gasteiger partial charge < -0.3 is 5.32 Å². The van der Waals surface area contributed by atoms with Crippen LogP contribution in [0.3, 0.4) is 0 Å². The van der Waals surface area contributed by atoms with Crippen LogP contribution in [0.4, 0.5) is 5.69 Å². The molecule has 82 valence electrons. The van der Waals surface area contributed by atoms with E-state index < -0.39 is 0 Å². The molecular formula is C13H18ClN. The highest BCUT2D eigenvalue weighted by molar-refractivity contribution is 6.33. The molecule has 1 aromatic rings. The maximum Gasteiger partial charge on any atom is 0.0637 e.